The Morgan fingerprint density at radius 1 is 0.805 bits per heavy atom. The van der Waals surface area contributed by atoms with Gasteiger partial charge in [0.25, 0.3) is 0 Å². The Morgan fingerprint density at radius 3 is 2.02 bits per heavy atom. The van der Waals surface area contributed by atoms with Crippen LogP contribution in [-0.2, 0) is 17.6 Å². The summed E-state index contributed by atoms with van der Waals surface area (Å²) < 4.78 is 11.6. The van der Waals surface area contributed by atoms with Crippen molar-refractivity contribution in [3.05, 3.63) is 120 Å². The van der Waals surface area contributed by atoms with Gasteiger partial charge in [0.05, 0.1) is 6.61 Å². The lowest BCUT2D eigenvalue weighted by Gasteiger charge is -2.18. The summed E-state index contributed by atoms with van der Waals surface area (Å²) >= 11 is 0. The third-order valence-electron chi connectivity index (χ3n) is 6.55. The summed E-state index contributed by atoms with van der Waals surface area (Å²) in [5.41, 5.74) is 16.7. The Kier molecular flexibility index (Phi) is 12.5. The molecule has 4 aromatic carbocycles. The summed E-state index contributed by atoms with van der Waals surface area (Å²) in [6.07, 6.45) is 1.82. The molecule has 0 aliphatic carbocycles. The van der Waals surface area contributed by atoms with Gasteiger partial charge in [-0.15, -0.1) is 0 Å². The molecule has 0 aliphatic rings. The van der Waals surface area contributed by atoms with Crippen LogP contribution < -0.4 is 20.9 Å². The number of carbonyl (C=O) groups excluding carboxylic acids is 1. The number of carbonyl (C=O) groups is 1. The minimum Gasteiger partial charge on any atom is -0.493 e. The van der Waals surface area contributed by atoms with E-state index >= 15 is 0 Å². The molecule has 0 fully saturated rings. The van der Waals surface area contributed by atoms with Crippen LogP contribution in [0.25, 0.3) is 11.1 Å². The highest BCUT2D eigenvalue weighted by Gasteiger charge is 2.17. The van der Waals surface area contributed by atoms with E-state index in [0.717, 1.165) is 35.5 Å². The van der Waals surface area contributed by atoms with Gasteiger partial charge in [0.2, 0.25) is 0 Å². The second-order valence-electron chi connectivity index (χ2n) is 9.74. The minimum atomic E-state index is -0.523. The average Bonchev–Trinajstić information content (AvgIpc) is 2.99. The van der Waals surface area contributed by atoms with Gasteiger partial charge >= 0.3 is 0 Å². The fourth-order valence-corrected chi connectivity index (χ4v) is 4.10. The molecule has 0 spiro atoms. The third-order valence-corrected chi connectivity index (χ3v) is 6.55. The van der Waals surface area contributed by atoms with Gasteiger partial charge in [0.1, 0.15) is 11.5 Å². The van der Waals surface area contributed by atoms with Crippen LogP contribution in [-0.4, -0.2) is 31.0 Å². The first-order valence-corrected chi connectivity index (χ1v) is 14.0. The van der Waals surface area contributed by atoms with E-state index in [-0.39, 0.29) is 11.7 Å². The first-order valence-electron chi connectivity index (χ1n) is 14.0. The molecule has 4 aromatic rings. The van der Waals surface area contributed by atoms with E-state index in [1.54, 1.807) is 0 Å². The maximum absolute atomic E-state index is 11.9. The molecule has 0 saturated carbocycles. The lowest BCUT2D eigenvalue weighted by Crippen LogP contribution is -2.27. The molecule has 0 amide bonds. The summed E-state index contributed by atoms with van der Waals surface area (Å²) in [6.45, 7) is 6.62. The maximum Gasteiger partial charge on any atom is 0.185 e. The molecule has 0 aliphatic heterocycles. The predicted octanol–water partition coefficient (Wildman–Crippen LogP) is 6.53. The number of Topliss-reactive ketones (excluding diaryl/α,β-unsaturated/α-hetero) is 1. The number of rotatable bonds is 12. The van der Waals surface area contributed by atoms with Gasteiger partial charge < -0.3 is 20.9 Å². The van der Waals surface area contributed by atoms with Gasteiger partial charge in [-0.2, -0.15) is 0 Å². The van der Waals surface area contributed by atoms with Gasteiger partial charge in [0, 0.05) is 13.0 Å². The standard InChI is InChI=1S/C21H27N3O3.C14H14/c1-15-5-3-4-6-19(15)27-20(16(2)25)12-14-26-18-9-7-17(8-10-18)11-13-24-21(22)23;1-2-12-8-10-14(11-9-12)13-6-4-3-5-7-13/h3-10,20H,11-14H2,1-2H3,(H4,22,23,24);3-11H,2H2,1H3. The number of aryl methyl sites for hydroxylation is 2. The highest BCUT2D eigenvalue weighted by Crippen LogP contribution is 2.21. The molecule has 41 heavy (non-hydrogen) atoms. The highest BCUT2D eigenvalue weighted by atomic mass is 16.5. The molecule has 6 nitrogen and oxygen atoms in total. The van der Waals surface area contributed by atoms with Crippen LogP contribution in [0.4, 0.5) is 0 Å². The Morgan fingerprint density at radius 2 is 1.41 bits per heavy atom. The van der Waals surface area contributed by atoms with E-state index in [2.05, 4.69) is 60.4 Å². The van der Waals surface area contributed by atoms with Crippen molar-refractivity contribution in [3.63, 3.8) is 0 Å². The van der Waals surface area contributed by atoms with E-state index < -0.39 is 6.10 Å². The van der Waals surface area contributed by atoms with Crippen LogP contribution in [0, 0.1) is 6.92 Å². The van der Waals surface area contributed by atoms with Crippen LogP contribution >= 0.6 is 0 Å². The van der Waals surface area contributed by atoms with Gasteiger partial charge in [-0.1, -0.05) is 91.9 Å². The molecule has 0 bridgehead atoms. The van der Waals surface area contributed by atoms with E-state index in [1.165, 1.54) is 23.6 Å². The molecule has 0 aromatic heterocycles. The summed E-state index contributed by atoms with van der Waals surface area (Å²) in [4.78, 5) is 15.8. The van der Waals surface area contributed by atoms with Crippen molar-refractivity contribution in [2.75, 3.05) is 13.2 Å². The number of nitrogens with zero attached hydrogens (tertiary/aromatic N) is 1. The van der Waals surface area contributed by atoms with Gasteiger partial charge in [0.15, 0.2) is 17.8 Å². The number of hydrogen-bond acceptors (Lipinski definition) is 4. The zero-order valence-electron chi connectivity index (χ0n) is 24.3. The van der Waals surface area contributed by atoms with Crippen LogP contribution in [0.15, 0.2) is 108 Å². The third kappa shape index (κ3) is 10.8. The highest BCUT2D eigenvalue weighted by molar-refractivity contribution is 5.80. The number of ether oxygens (including phenoxy) is 2. The van der Waals surface area contributed by atoms with Gasteiger partial charge in [-0.05, 0) is 72.7 Å². The van der Waals surface area contributed by atoms with E-state index in [1.807, 2.05) is 61.5 Å². The quantitative estimate of drug-likeness (QED) is 0.154. The fourth-order valence-electron chi connectivity index (χ4n) is 4.10. The number of ketones is 1. The average molecular weight is 552 g/mol. The smallest absolute Gasteiger partial charge is 0.185 e. The molecule has 6 heteroatoms. The van der Waals surface area contributed by atoms with Crippen LogP contribution in [0.3, 0.4) is 0 Å². The minimum absolute atomic E-state index is 0.0167. The second kappa shape index (κ2) is 16.5. The monoisotopic (exact) mass is 551 g/mol. The van der Waals surface area contributed by atoms with Crippen molar-refractivity contribution < 1.29 is 14.3 Å². The molecule has 214 valence electrons. The van der Waals surface area contributed by atoms with E-state index in [4.69, 9.17) is 20.9 Å². The Hall–Kier alpha value is -4.58. The number of benzene rings is 4. The molecular formula is C35H41N3O3. The molecule has 4 rings (SSSR count). The van der Waals surface area contributed by atoms with Crippen molar-refractivity contribution in [1.29, 1.82) is 0 Å². The number of aliphatic imine (C=N–C) groups is 1. The zero-order chi connectivity index (χ0) is 29.5. The molecule has 1 unspecified atom stereocenters. The van der Waals surface area contributed by atoms with Gasteiger partial charge in [-0.3, -0.25) is 9.79 Å². The molecule has 1 atom stereocenters. The Bertz CT molecular complexity index is 1360. The molecule has 4 N–H and O–H groups in total. The SMILES string of the molecule is CC(=O)C(CCOc1ccc(CCN=C(N)N)cc1)Oc1ccccc1C.CCc1ccc(-c2ccccc2)cc1. The number of hydrogen-bond donors (Lipinski definition) is 2. The summed E-state index contributed by atoms with van der Waals surface area (Å²) in [6, 6.07) is 34.6. The van der Waals surface area contributed by atoms with Crippen molar-refractivity contribution >= 4 is 11.7 Å². The van der Waals surface area contributed by atoms with Crippen molar-refractivity contribution in [2.45, 2.75) is 46.1 Å². The largest absolute Gasteiger partial charge is 0.493 e. The lowest BCUT2D eigenvalue weighted by molar-refractivity contribution is -0.124. The van der Waals surface area contributed by atoms with Gasteiger partial charge in [-0.25, -0.2) is 0 Å². The zero-order valence-corrected chi connectivity index (χ0v) is 24.3. The molecular weight excluding hydrogens is 510 g/mol. The summed E-state index contributed by atoms with van der Waals surface area (Å²) in [7, 11) is 0. The maximum atomic E-state index is 11.9. The van der Waals surface area contributed by atoms with Crippen LogP contribution in [0.1, 0.15) is 37.0 Å². The number of para-hydroxylation sites is 1. The lowest BCUT2D eigenvalue weighted by atomic mass is 10.0. The Balaban J connectivity index is 0.000000275. The van der Waals surface area contributed by atoms with Crippen LogP contribution in [0.5, 0.6) is 11.5 Å². The number of guanidine groups is 1. The normalized spacial score (nSPS) is 11.0. The topological polar surface area (TPSA) is 99.9 Å². The second-order valence-corrected chi connectivity index (χ2v) is 9.74. The summed E-state index contributed by atoms with van der Waals surface area (Å²) in [5.74, 6) is 1.56. The first-order chi connectivity index (χ1) is 19.9. The summed E-state index contributed by atoms with van der Waals surface area (Å²) in [5, 5.41) is 0. The molecule has 0 radical (unpaired) electrons. The van der Waals surface area contributed by atoms with E-state index in [0.29, 0.717) is 19.6 Å². The van der Waals surface area contributed by atoms with E-state index in [9.17, 15) is 4.79 Å². The van der Waals surface area contributed by atoms with Crippen molar-refractivity contribution in [1.82, 2.24) is 0 Å². The van der Waals surface area contributed by atoms with Crippen molar-refractivity contribution in [2.24, 2.45) is 16.5 Å². The molecule has 0 heterocycles. The predicted molar refractivity (Wildman–Crippen MR) is 168 cm³/mol. The molecule has 0 saturated heterocycles. The van der Waals surface area contributed by atoms with Crippen LogP contribution in [0.2, 0.25) is 0 Å². The van der Waals surface area contributed by atoms with Crippen molar-refractivity contribution in [3.8, 4) is 22.6 Å². The fraction of sp³-hybridized carbons (Fsp3) is 0.257. The number of nitrogens with two attached hydrogens (primary N) is 2. The first kappa shape index (κ1) is 31.0. The Labute approximate surface area is 244 Å².